The number of fused-ring (bicyclic) bond motifs is 1. The van der Waals surface area contributed by atoms with Crippen LogP contribution in [0, 0.1) is 0 Å². The number of carbonyl (C=O) groups excluding carboxylic acids is 3. The molecule has 0 aliphatic heterocycles. The smallest absolute Gasteiger partial charge is 0.325 e. The zero-order valence-corrected chi connectivity index (χ0v) is 20.2. The molecule has 2 aromatic carbocycles. The molecular weight excluding hydrogens is 462 g/mol. The summed E-state index contributed by atoms with van der Waals surface area (Å²) in [5, 5.41) is 17.7. The molecule has 1 aromatic heterocycles. The summed E-state index contributed by atoms with van der Waals surface area (Å²) in [5.41, 5.74) is 8.54. The molecule has 36 heavy (non-hydrogen) atoms. The number of aliphatic carboxylic acids is 1. The number of hydrogen-bond acceptors (Lipinski definition) is 5. The van der Waals surface area contributed by atoms with Crippen LogP contribution in [0.4, 0.5) is 0 Å². The highest BCUT2D eigenvalue weighted by Crippen LogP contribution is 2.19. The normalized spacial score (nSPS) is 14.3. The van der Waals surface area contributed by atoms with Crippen LogP contribution in [0.3, 0.4) is 0 Å². The third-order valence-corrected chi connectivity index (χ3v) is 5.85. The lowest BCUT2D eigenvalue weighted by atomic mass is 10.0. The van der Waals surface area contributed by atoms with Crippen molar-refractivity contribution in [2.24, 2.45) is 5.73 Å². The van der Waals surface area contributed by atoms with Gasteiger partial charge < -0.3 is 31.8 Å². The van der Waals surface area contributed by atoms with Crippen molar-refractivity contribution in [2.75, 3.05) is 0 Å². The lowest BCUT2D eigenvalue weighted by molar-refractivity contribution is -0.141. The van der Waals surface area contributed by atoms with Gasteiger partial charge in [-0.3, -0.25) is 19.2 Å². The number of amides is 3. The summed E-state index contributed by atoms with van der Waals surface area (Å²) < 4.78 is 0. The van der Waals surface area contributed by atoms with Gasteiger partial charge in [0.25, 0.3) is 0 Å². The van der Waals surface area contributed by atoms with Gasteiger partial charge in [-0.05, 0) is 37.5 Å². The Bertz CT molecular complexity index is 1230. The number of aromatic amines is 1. The minimum atomic E-state index is -1.20. The van der Waals surface area contributed by atoms with Gasteiger partial charge in [-0.2, -0.15) is 0 Å². The van der Waals surface area contributed by atoms with E-state index in [1.165, 1.54) is 13.8 Å². The molecule has 0 saturated heterocycles. The SMILES string of the molecule is CC(NC(=O)C(Cc1c[nH]c2ccccc12)NC(=O)C(C)NC(=O)C(N)Cc1ccccc1)C(=O)O. The van der Waals surface area contributed by atoms with E-state index in [2.05, 4.69) is 20.9 Å². The molecular formula is C26H31N5O5. The summed E-state index contributed by atoms with van der Waals surface area (Å²) in [6.45, 7) is 2.82. The zero-order chi connectivity index (χ0) is 26.2. The van der Waals surface area contributed by atoms with E-state index >= 15 is 0 Å². The first kappa shape index (κ1) is 26.4. The molecule has 0 radical (unpaired) electrons. The molecule has 3 amide bonds. The predicted molar refractivity (Wildman–Crippen MR) is 135 cm³/mol. The van der Waals surface area contributed by atoms with Crippen molar-refractivity contribution >= 4 is 34.6 Å². The number of para-hydroxylation sites is 1. The van der Waals surface area contributed by atoms with E-state index in [0.29, 0.717) is 6.42 Å². The van der Waals surface area contributed by atoms with E-state index in [9.17, 15) is 24.3 Å². The molecule has 7 N–H and O–H groups in total. The Hall–Kier alpha value is -4.18. The minimum absolute atomic E-state index is 0.113. The van der Waals surface area contributed by atoms with Crippen molar-refractivity contribution in [2.45, 2.75) is 50.9 Å². The fourth-order valence-electron chi connectivity index (χ4n) is 3.75. The number of hydrogen-bond donors (Lipinski definition) is 6. The topological polar surface area (TPSA) is 166 Å². The molecule has 3 aromatic rings. The van der Waals surface area contributed by atoms with Crippen molar-refractivity contribution in [3.8, 4) is 0 Å². The number of carboxylic acids is 1. The first-order chi connectivity index (χ1) is 17.2. The van der Waals surface area contributed by atoms with Gasteiger partial charge in [0.1, 0.15) is 18.1 Å². The summed E-state index contributed by atoms with van der Waals surface area (Å²) >= 11 is 0. The number of nitrogens with one attached hydrogen (secondary N) is 4. The monoisotopic (exact) mass is 493 g/mol. The van der Waals surface area contributed by atoms with Gasteiger partial charge in [0, 0.05) is 23.5 Å². The van der Waals surface area contributed by atoms with E-state index in [-0.39, 0.29) is 6.42 Å². The highest BCUT2D eigenvalue weighted by Gasteiger charge is 2.28. The number of nitrogens with two attached hydrogens (primary N) is 1. The van der Waals surface area contributed by atoms with Crippen LogP contribution in [-0.4, -0.2) is 57.9 Å². The van der Waals surface area contributed by atoms with E-state index in [4.69, 9.17) is 5.73 Å². The maximum absolute atomic E-state index is 12.9. The molecule has 0 spiro atoms. The van der Waals surface area contributed by atoms with E-state index in [0.717, 1.165) is 22.0 Å². The van der Waals surface area contributed by atoms with Crippen LogP contribution >= 0.6 is 0 Å². The van der Waals surface area contributed by atoms with Crippen LogP contribution < -0.4 is 21.7 Å². The third-order valence-electron chi connectivity index (χ3n) is 5.85. The minimum Gasteiger partial charge on any atom is -0.480 e. The highest BCUT2D eigenvalue weighted by molar-refractivity contribution is 5.94. The zero-order valence-electron chi connectivity index (χ0n) is 20.2. The Morgan fingerprint density at radius 3 is 2.17 bits per heavy atom. The Morgan fingerprint density at radius 2 is 1.47 bits per heavy atom. The number of carboxylic acid groups (broad SMARTS) is 1. The Labute approximate surface area is 208 Å². The molecule has 4 unspecified atom stereocenters. The first-order valence-electron chi connectivity index (χ1n) is 11.6. The summed E-state index contributed by atoms with van der Waals surface area (Å²) in [7, 11) is 0. The van der Waals surface area contributed by atoms with Crippen molar-refractivity contribution in [1.82, 2.24) is 20.9 Å². The first-order valence-corrected chi connectivity index (χ1v) is 11.6. The largest absolute Gasteiger partial charge is 0.480 e. The summed E-state index contributed by atoms with van der Waals surface area (Å²) in [6.07, 6.45) is 2.16. The number of benzene rings is 2. The van der Waals surface area contributed by atoms with Crippen molar-refractivity contribution in [1.29, 1.82) is 0 Å². The van der Waals surface area contributed by atoms with E-state index < -0.39 is 47.9 Å². The molecule has 3 rings (SSSR count). The maximum atomic E-state index is 12.9. The molecule has 10 nitrogen and oxygen atoms in total. The lowest BCUT2D eigenvalue weighted by Gasteiger charge is -2.23. The van der Waals surface area contributed by atoms with Gasteiger partial charge in [0.05, 0.1) is 6.04 Å². The van der Waals surface area contributed by atoms with Crippen LogP contribution in [0.2, 0.25) is 0 Å². The average molecular weight is 494 g/mol. The van der Waals surface area contributed by atoms with Gasteiger partial charge >= 0.3 is 5.97 Å². The molecule has 0 saturated carbocycles. The fourth-order valence-corrected chi connectivity index (χ4v) is 3.75. The van der Waals surface area contributed by atoms with Gasteiger partial charge in [0.15, 0.2) is 0 Å². The summed E-state index contributed by atoms with van der Waals surface area (Å²) in [5.74, 6) is -2.95. The Balaban J connectivity index is 1.68. The summed E-state index contributed by atoms with van der Waals surface area (Å²) in [6, 6.07) is 12.7. The van der Waals surface area contributed by atoms with Gasteiger partial charge in [-0.1, -0.05) is 48.5 Å². The van der Waals surface area contributed by atoms with Gasteiger partial charge in [-0.15, -0.1) is 0 Å². The quantitative estimate of drug-likeness (QED) is 0.232. The molecule has 10 heteroatoms. The second-order valence-corrected chi connectivity index (χ2v) is 8.72. The maximum Gasteiger partial charge on any atom is 0.325 e. The number of carbonyl (C=O) groups is 4. The van der Waals surface area contributed by atoms with Crippen molar-refractivity contribution in [3.63, 3.8) is 0 Å². The van der Waals surface area contributed by atoms with Crippen LogP contribution in [0.5, 0.6) is 0 Å². The third kappa shape index (κ3) is 6.92. The van der Waals surface area contributed by atoms with Crippen LogP contribution in [0.25, 0.3) is 10.9 Å². The second kappa shape index (κ2) is 12.0. The molecule has 4 atom stereocenters. The van der Waals surface area contributed by atoms with Gasteiger partial charge in [0.2, 0.25) is 17.7 Å². The lowest BCUT2D eigenvalue weighted by Crippen LogP contribution is -2.56. The highest BCUT2D eigenvalue weighted by atomic mass is 16.4. The number of H-pyrrole nitrogens is 1. The van der Waals surface area contributed by atoms with E-state index in [1.54, 1.807) is 6.20 Å². The van der Waals surface area contributed by atoms with Gasteiger partial charge in [-0.25, -0.2) is 0 Å². The predicted octanol–water partition coefficient (Wildman–Crippen LogP) is 0.859. The molecule has 190 valence electrons. The molecule has 0 aliphatic rings. The van der Waals surface area contributed by atoms with Crippen LogP contribution in [0.15, 0.2) is 60.8 Å². The van der Waals surface area contributed by atoms with Crippen molar-refractivity contribution in [3.05, 3.63) is 71.9 Å². The molecule has 0 fully saturated rings. The van der Waals surface area contributed by atoms with E-state index in [1.807, 2.05) is 54.6 Å². The molecule has 0 aliphatic carbocycles. The average Bonchev–Trinajstić information content (AvgIpc) is 3.26. The number of aromatic nitrogens is 1. The fraction of sp³-hybridized carbons (Fsp3) is 0.308. The Morgan fingerprint density at radius 1 is 0.833 bits per heavy atom. The molecule has 0 bridgehead atoms. The summed E-state index contributed by atoms with van der Waals surface area (Å²) in [4.78, 5) is 52.7. The molecule has 1 heterocycles. The van der Waals surface area contributed by atoms with Crippen LogP contribution in [-0.2, 0) is 32.0 Å². The number of rotatable bonds is 11. The van der Waals surface area contributed by atoms with Crippen LogP contribution in [0.1, 0.15) is 25.0 Å². The standard InChI is InChI=1S/C26H31N5O5/c1-15(29-24(33)20(27)12-17-8-4-3-5-9-17)23(32)31-22(25(34)30-16(2)26(35)36)13-18-14-28-21-11-7-6-10-19(18)21/h3-11,14-16,20,22,28H,12-13,27H2,1-2H3,(H,29,33)(H,30,34)(H,31,32)(H,35,36). The van der Waals surface area contributed by atoms with Crippen molar-refractivity contribution < 1.29 is 24.3 Å². The second-order valence-electron chi connectivity index (χ2n) is 8.72. The Kier molecular flexibility index (Phi) is 8.80.